The summed E-state index contributed by atoms with van der Waals surface area (Å²) < 4.78 is 0. The fraction of sp³-hybridized carbons (Fsp3) is 0.200. The summed E-state index contributed by atoms with van der Waals surface area (Å²) in [5.74, 6) is 0. The Balaban J connectivity index is 2.42. The molecule has 3 heteroatoms. The molecule has 2 aromatic carbocycles. The van der Waals surface area contributed by atoms with Gasteiger partial charge in [0.05, 0.1) is 0 Å². The second kappa shape index (κ2) is 6.77. The minimum absolute atomic E-state index is 0.999. The Kier molecular flexibility index (Phi) is 5.32. The largest absolute Gasteiger partial charge is 0.133 e. The maximum atomic E-state index is 2.83. The van der Waals surface area contributed by atoms with E-state index in [0.717, 1.165) is 18.5 Å². The zero-order valence-electron chi connectivity index (χ0n) is 10.4. The van der Waals surface area contributed by atoms with Crippen molar-refractivity contribution in [3.05, 3.63) is 59.2 Å². The standard InChI is InChI=1S/C15H19P3/c16-8-11-1-4-13(5-2-11)15-6-3-12(9-17)7-14(15)10-18/h1-7H,8-10,16-18H2. The maximum absolute atomic E-state index is 2.83. The molecule has 94 valence electrons. The number of benzene rings is 2. The van der Waals surface area contributed by atoms with Crippen molar-refractivity contribution < 1.29 is 0 Å². The Labute approximate surface area is 117 Å². The summed E-state index contributed by atoms with van der Waals surface area (Å²) in [6.45, 7) is 0. The van der Waals surface area contributed by atoms with Gasteiger partial charge in [0.15, 0.2) is 0 Å². The van der Waals surface area contributed by atoms with Crippen LogP contribution in [0.25, 0.3) is 11.1 Å². The van der Waals surface area contributed by atoms with E-state index >= 15 is 0 Å². The Morgan fingerprint density at radius 1 is 0.667 bits per heavy atom. The summed E-state index contributed by atoms with van der Waals surface area (Å²) in [6, 6.07) is 15.6. The minimum Gasteiger partial charge on any atom is -0.133 e. The van der Waals surface area contributed by atoms with Gasteiger partial charge in [-0.1, -0.05) is 42.5 Å². The molecule has 0 saturated carbocycles. The molecule has 0 N–H and O–H groups in total. The van der Waals surface area contributed by atoms with Crippen LogP contribution in [0.5, 0.6) is 0 Å². The molecule has 0 aliphatic carbocycles. The third-order valence-electron chi connectivity index (χ3n) is 3.13. The first-order valence-electron chi connectivity index (χ1n) is 6.09. The van der Waals surface area contributed by atoms with E-state index in [-0.39, 0.29) is 0 Å². The quantitative estimate of drug-likeness (QED) is 0.729. The van der Waals surface area contributed by atoms with E-state index in [4.69, 9.17) is 0 Å². The van der Waals surface area contributed by atoms with Crippen molar-refractivity contribution in [2.45, 2.75) is 18.5 Å². The predicted molar refractivity (Wildman–Crippen MR) is 92.1 cm³/mol. The SMILES string of the molecule is PCc1ccc(-c2ccc(CP)cc2CP)cc1. The van der Waals surface area contributed by atoms with E-state index in [0.29, 0.717) is 0 Å². The Hall–Kier alpha value is -0.270. The molecule has 0 aliphatic rings. The van der Waals surface area contributed by atoms with Crippen LogP contribution in [0.4, 0.5) is 0 Å². The normalized spacial score (nSPS) is 10.6. The molecule has 0 nitrogen and oxygen atoms in total. The lowest BCUT2D eigenvalue weighted by molar-refractivity contribution is 1.33. The van der Waals surface area contributed by atoms with E-state index in [1.807, 2.05) is 0 Å². The van der Waals surface area contributed by atoms with E-state index in [2.05, 4.69) is 70.2 Å². The lowest BCUT2D eigenvalue weighted by atomic mass is 9.98. The van der Waals surface area contributed by atoms with Gasteiger partial charge in [0.25, 0.3) is 0 Å². The Morgan fingerprint density at radius 2 is 1.28 bits per heavy atom. The molecule has 3 atom stereocenters. The molecule has 2 aromatic rings. The summed E-state index contributed by atoms with van der Waals surface area (Å²) in [4.78, 5) is 0. The first-order valence-corrected chi connectivity index (χ1v) is 8.54. The van der Waals surface area contributed by atoms with Gasteiger partial charge in [-0.25, -0.2) is 0 Å². The average molecular weight is 292 g/mol. The smallest absolute Gasteiger partial charge is 0.0122 e. The van der Waals surface area contributed by atoms with Gasteiger partial charge in [-0.05, 0) is 46.3 Å². The van der Waals surface area contributed by atoms with Crippen LogP contribution >= 0.6 is 27.7 Å². The molecule has 0 aromatic heterocycles. The highest BCUT2D eigenvalue weighted by Crippen LogP contribution is 2.28. The Bertz CT molecular complexity index is 518. The van der Waals surface area contributed by atoms with E-state index in [9.17, 15) is 0 Å². The van der Waals surface area contributed by atoms with Gasteiger partial charge in [0.2, 0.25) is 0 Å². The van der Waals surface area contributed by atoms with Crippen molar-refractivity contribution in [2.75, 3.05) is 0 Å². The average Bonchev–Trinajstić information content (AvgIpc) is 2.46. The Morgan fingerprint density at radius 3 is 1.83 bits per heavy atom. The van der Waals surface area contributed by atoms with Crippen LogP contribution in [0.15, 0.2) is 42.5 Å². The van der Waals surface area contributed by atoms with E-state index in [1.54, 1.807) is 0 Å². The van der Waals surface area contributed by atoms with E-state index in [1.165, 1.54) is 27.8 Å². The van der Waals surface area contributed by atoms with E-state index < -0.39 is 0 Å². The monoisotopic (exact) mass is 292 g/mol. The molecule has 0 radical (unpaired) electrons. The van der Waals surface area contributed by atoms with Gasteiger partial charge < -0.3 is 0 Å². The molecule has 3 unspecified atom stereocenters. The van der Waals surface area contributed by atoms with Crippen LogP contribution in [0.3, 0.4) is 0 Å². The molecule has 0 saturated heterocycles. The van der Waals surface area contributed by atoms with Crippen LogP contribution in [-0.2, 0) is 18.5 Å². The highest BCUT2D eigenvalue weighted by molar-refractivity contribution is 7.15. The van der Waals surface area contributed by atoms with Crippen molar-refractivity contribution in [2.24, 2.45) is 0 Å². The molecule has 2 rings (SSSR count). The highest BCUT2D eigenvalue weighted by atomic mass is 31.0. The second-order valence-corrected chi connectivity index (χ2v) is 5.53. The first kappa shape index (κ1) is 14.1. The van der Waals surface area contributed by atoms with Gasteiger partial charge in [-0.2, -0.15) is 0 Å². The molecular formula is C15H19P3. The third kappa shape index (κ3) is 3.19. The summed E-state index contributed by atoms with van der Waals surface area (Å²) >= 11 is 0. The number of hydrogen-bond donors (Lipinski definition) is 0. The molecule has 0 heterocycles. The summed E-state index contributed by atoms with van der Waals surface area (Å²) in [5.41, 5.74) is 6.80. The van der Waals surface area contributed by atoms with Crippen molar-refractivity contribution in [1.29, 1.82) is 0 Å². The zero-order chi connectivity index (χ0) is 13.0. The summed E-state index contributed by atoms with van der Waals surface area (Å²) in [7, 11) is 8.38. The van der Waals surface area contributed by atoms with Gasteiger partial charge in [-0.3, -0.25) is 0 Å². The van der Waals surface area contributed by atoms with Crippen LogP contribution in [0.2, 0.25) is 0 Å². The molecule has 0 aliphatic heterocycles. The summed E-state index contributed by atoms with van der Waals surface area (Å²) in [5, 5.41) is 0. The summed E-state index contributed by atoms with van der Waals surface area (Å²) in [6.07, 6.45) is 3.03. The van der Waals surface area contributed by atoms with Crippen molar-refractivity contribution in [3.8, 4) is 11.1 Å². The second-order valence-electron chi connectivity index (χ2n) is 4.30. The first-order chi connectivity index (χ1) is 8.78. The van der Waals surface area contributed by atoms with Crippen molar-refractivity contribution in [1.82, 2.24) is 0 Å². The molecule has 18 heavy (non-hydrogen) atoms. The van der Waals surface area contributed by atoms with Gasteiger partial charge in [-0.15, -0.1) is 27.7 Å². The van der Waals surface area contributed by atoms with Crippen LogP contribution in [-0.4, -0.2) is 0 Å². The van der Waals surface area contributed by atoms with Crippen molar-refractivity contribution in [3.63, 3.8) is 0 Å². The van der Waals surface area contributed by atoms with Gasteiger partial charge >= 0.3 is 0 Å². The van der Waals surface area contributed by atoms with Crippen LogP contribution in [0, 0.1) is 0 Å². The fourth-order valence-corrected chi connectivity index (χ4v) is 2.91. The lowest BCUT2D eigenvalue weighted by Gasteiger charge is -2.10. The van der Waals surface area contributed by atoms with Gasteiger partial charge in [0, 0.05) is 0 Å². The predicted octanol–water partition coefficient (Wildman–Crippen LogP) is 4.48. The minimum atomic E-state index is 0.999. The lowest BCUT2D eigenvalue weighted by Crippen LogP contribution is -1.89. The molecule has 0 spiro atoms. The number of rotatable bonds is 4. The fourth-order valence-electron chi connectivity index (χ4n) is 2.04. The number of hydrogen-bond acceptors (Lipinski definition) is 0. The highest BCUT2D eigenvalue weighted by Gasteiger charge is 2.04. The molecular weight excluding hydrogens is 273 g/mol. The molecule has 0 fully saturated rings. The van der Waals surface area contributed by atoms with Crippen molar-refractivity contribution >= 4 is 27.7 Å². The zero-order valence-corrected chi connectivity index (χ0v) is 13.9. The molecule has 0 amide bonds. The van der Waals surface area contributed by atoms with Crippen LogP contribution in [0.1, 0.15) is 16.7 Å². The maximum Gasteiger partial charge on any atom is -0.0122 e. The third-order valence-corrected chi connectivity index (χ3v) is 4.51. The topological polar surface area (TPSA) is 0 Å². The molecule has 0 bridgehead atoms. The van der Waals surface area contributed by atoms with Gasteiger partial charge in [0.1, 0.15) is 0 Å². The van der Waals surface area contributed by atoms with Crippen LogP contribution < -0.4 is 0 Å².